The van der Waals surface area contributed by atoms with Gasteiger partial charge < -0.3 is 32.2 Å². The van der Waals surface area contributed by atoms with Crippen LogP contribution < -0.4 is 9.80 Å². The Hall–Kier alpha value is -10.8. The number of anilines is 6. The molecule has 0 unspecified atom stereocenters. The van der Waals surface area contributed by atoms with E-state index in [1.807, 2.05) is 0 Å². The molecule has 0 aliphatic rings. The third-order valence-corrected chi connectivity index (χ3v) is 16.0. The zero-order valence-corrected chi connectivity index (χ0v) is 42.4. The molecule has 5 heterocycles. The fraction of sp³-hybridized carbons (Fsp3) is 0. The van der Waals surface area contributed by atoms with Crippen LogP contribution in [0.3, 0.4) is 0 Å². The largest absolute Gasteiger partial charge is 0.456 e. The van der Waals surface area contributed by atoms with Crippen LogP contribution in [-0.2, 0) is 0 Å². The van der Waals surface area contributed by atoms with E-state index >= 15 is 0 Å². The second-order valence-electron chi connectivity index (χ2n) is 20.5. The number of fused-ring (bicyclic) bond motifs is 15. The summed E-state index contributed by atoms with van der Waals surface area (Å²) in [4.78, 5) is 4.62. The quantitative estimate of drug-likeness (QED) is 0.152. The molecule has 0 fully saturated rings. The summed E-state index contributed by atoms with van der Waals surface area (Å²) >= 11 is 0. The van der Waals surface area contributed by atoms with Gasteiger partial charge in [0.1, 0.15) is 33.5 Å². The van der Waals surface area contributed by atoms with E-state index in [1.54, 1.807) is 0 Å². The van der Waals surface area contributed by atoms with Gasteiger partial charge in [-0.15, -0.1) is 0 Å². The van der Waals surface area contributed by atoms with Crippen molar-refractivity contribution in [2.24, 2.45) is 0 Å². The van der Waals surface area contributed by atoms with E-state index in [0.29, 0.717) is 0 Å². The summed E-state index contributed by atoms with van der Waals surface area (Å²) in [5.41, 5.74) is 17.9. The van der Waals surface area contributed by atoms with E-state index in [9.17, 15) is 0 Å². The van der Waals surface area contributed by atoms with Gasteiger partial charge in [-0.2, -0.15) is 0 Å². The first-order valence-electron chi connectivity index (χ1n) is 26.7. The maximum Gasteiger partial charge on any atom is 0.137 e. The molecule has 0 atom stereocenters. The van der Waals surface area contributed by atoms with Gasteiger partial charge in [-0.1, -0.05) is 109 Å². The molecule has 0 saturated heterocycles. The monoisotopic (exact) mass is 1010 g/mol. The number of aromatic nitrogens is 2. The fourth-order valence-electron chi connectivity index (χ4n) is 12.5. The highest BCUT2D eigenvalue weighted by atomic mass is 16.3. The third-order valence-electron chi connectivity index (χ3n) is 16.0. The van der Waals surface area contributed by atoms with Crippen LogP contribution in [0.4, 0.5) is 34.1 Å². The van der Waals surface area contributed by atoms with Gasteiger partial charge in [0, 0.05) is 111 Å². The zero-order valence-electron chi connectivity index (χ0n) is 42.4. The average Bonchev–Trinajstić information content (AvgIpc) is 4.51. The second-order valence-corrected chi connectivity index (χ2v) is 20.5. The molecule has 7 heteroatoms. The van der Waals surface area contributed by atoms with Crippen LogP contribution in [0.5, 0.6) is 0 Å². The van der Waals surface area contributed by atoms with Crippen molar-refractivity contribution < 1.29 is 13.3 Å². The minimum absolute atomic E-state index is 0.793. The first kappa shape index (κ1) is 43.5. The van der Waals surface area contributed by atoms with Crippen LogP contribution in [0.2, 0.25) is 0 Å². The van der Waals surface area contributed by atoms with Crippen LogP contribution in [0.15, 0.2) is 280 Å². The molecule has 17 rings (SSSR count). The van der Waals surface area contributed by atoms with Crippen molar-refractivity contribution in [3.05, 3.63) is 267 Å². The van der Waals surface area contributed by atoms with Gasteiger partial charge in [0.2, 0.25) is 0 Å². The summed E-state index contributed by atoms with van der Waals surface area (Å²) in [6.07, 6.45) is 0. The highest BCUT2D eigenvalue weighted by molar-refractivity contribution is 6.19. The lowest BCUT2D eigenvalue weighted by atomic mass is 10.1. The summed E-state index contributed by atoms with van der Waals surface area (Å²) in [7, 11) is 0. The molecule has 0 aliphatic carbocycles. The van der Waals surface area contributed by atoms with Crippen molar-refractivity contribution in [1.29, 1.82) is 0 Å². The maximum absolute atomic E-state index is 6.83. The molecule has 0 saturated carbocycles. The number of nitrogens with zero attached hydrogens (tertiary/aromatic N) is 4. The Kier molecular flexibility index (Phi) is 9.28. The molecule has 0 N–H and O–H groups in total. The van der Waals surface area contributed by atoms with E-state index in [2.05, 4.69) is 286 Å². The smallest absolute Gasteiger partial charge is 0.137 e. The van der Waals surface area contributed by atoms with Crippen LogP contribution in [0, 0.1) is 0 Å². The van der Waals surface area contributed by atoms with Crippen molar-refractivity contribution in [3.8, 4) is 11.4 Å². The van der Waals surface area contributed by atoms with Gasteiger partial charge in [0.05, 0.1) is 22.1 Å². The lowest BCUT2D eigenvalue weighted by Gasteiger charge is -2.25. The SMILES string of the molecule is c1ccc(N(c2ccc3c(c2)oc2cc4c(cc23)oc2cc3c(cc24)oc2cc(N(c4ccccc4)c4ccc5c(c4)c4ccccc4n5-c4ccccc4)ccc23)c2ccc3c(c2)c2ccccc2n3-c2ccccc2)cc1. The average molecular weight is 1010 g/mol. The van der Waals surface area contributed by atoms with Gasteiger partial charge in [-0.25, -0.2) is 0 Å². The minimum Gasteiger partial charge on any atom is -0.456 e. The molecular formula is C72H44N4O3. The summed E-state index contributed by atoms with van der Waals surface area (Å²) in [5.74, 6) is 0. The van der Waals surface area contributed by atoms with Crippen LogP contribution in [0.1, 0.15) is 0 Å². The van der Waals surface area contributed by atoms with E-state index in [-0.39, 0.29) is 0 Å². The van der Waals surface area contributed by atoms with E-state index in [4.69, 9.17) is 13.3 Å². The molecule has 17 aromatic rings. The fourth-order valence-corrected chi connectivity index (χ4v) is 12.5. The molecule has 370 valence electrons. The molecule has 0 bridgehead atoms. The molecule has 0 spiro atoms. The second kappa shape index (κ2) is 16.9. The van der Waals surface area contributed by atoms with Crippen molar-refractivity contribution in [3.63, 3.8) is 0 Å². The summed E-state index contributed by atoms with van der Waals surface area (Å²) in [6, 6.07) is 94.8. The summed E-state index contributed by atoms with van der Waals surface area (Å²) < 4.78 is 25.1. The normalized spacial score (nSPS) is 12.1. The molecule has 7 nitrogen and oxygen atoms in total. The van der Waals surface area contributed by atoms with Crippen molar-refractivity contribution in [2.45, 2.75) is 0 Å². The van der Waals surface area contributed by atoms with E-state index < -0.39 is 0 Å². The first-order chi connectivity index (χ1) is 39.1. The number of para-hydroxylation sites is 6. The predicted molar refractivity (Wildman–Crippen MR) is 326 cm³/mol. The van der Waals surface area contributed by atoms with Crippen LogP contribution in [-0.4, -0.2) is 9.13 Å². The Balaban J connectivity index is 0.755. The Bertz CT molecular complexity index is 4930. The molecule has 5 aromatic heterocycles. The Morgan fingerprint density at radius 1 is 0.203 bits per heavy atom. The Morgan fingerprint density at radius 2 is 0.506 bits per heavy atom. The molecule has 0 amide bonds. The number of rotatable bonds is 8. The molecule has 12 aromatic carbocycles. The lowest BCUT2D eigenvalue weighted by Crippen LogP contribution is -2.09. The van der Waals surface area contributed by atoms with Gasteiger partial charge in [0.25, 0.3) is 0 Å². The standard InChI is InChI=1S/C72H44N4O3/c1-5-17-45(18-6-1)73(49-31-35-65-57(37-49)53-25-13-15-27-63(53)75(65)47-21-9-3-10-22-47)51-29-33-55-59-41-71-61(43-69(59)77-67(55)39-51)62-44-70-60(42-72(62)79-71)56-34-30-52(40-68(56)78-70)74(46-19-7-2-8-20-46)50-32-36-66-58(38-50)54-26-14-16-28-64(54)76(66)48-23-11-4-12-24-48/h1-44H. The highest BCUT2D eigenvalue weighted by Gasteiger charge is 2.23. The minimum atomic E-state index is 0.793. The number of hydrogen-bond donors (Lipinski definition) is 0. The van der Waals surface area contributed by atoms with Gasteiger partial charge in [0.15, 0.2) is 0 Å². The Morgan fingerprint density at radius 3 is 0.911 bits per heavy atom. The van der Waals surface area contributed by atoms with Crippen molar-refractivity contribution >= 4 is 144 Å². The number of furan rings is 3. The van der Waals surface area contributed by atoms with Crippen LogP contribution in [0.25, 0.3) is 121 Å². The van der Waals surface area contributed by atoms with Crippen LogP contribution >= 0.6 is 0 Å². The Labute approximate surface area is 451 Å². The van der Waals surface area contributed by atoms with Crippen molar-refractivity contribution in [2.75, 3.05) is 9.80 Å². The molecule has 0 radical (unpaired) electrons. The topological polar surface area (TPSA) is 55.8 Å². The summed E-state index contributed by atoms with van der Waals surface area (Å²) in [6.45, 7) is 0. The third kappa shape index (κ3) is 6.66. The predicted octanol–water partition coefficient (Wildman–Crippen LogP) is 20.5. The summed E-state index contributed by atoms with van der Waals surface area (Å²) in [5, 5.41) is 10.8. The van der Waals surface area contributed by atoms with Gasteiger partial charge in [-0.3, -0.25) is 0 Å². The molecular weight excluding hydrogens is 969 g/mol. The van der Waals surface area contributed by atoms with E-state index in [1.165, 1.54) is 32.6 Å². The maximum atomic E-state index is 6.83. The first-order valence-corrected chi connectivity index (χ1v) is 26.7. The molecule has 79 heavy (non-hydrogen) atoms. The lowest BCUT2D eigenvalue weighted by molar-refractivity contribution is 0.662. The van der Waals surface area contributed by atoms with Gasteiger partial charge >= 0.3 is 0 Å². The number of hydrogen-bond acceptors (Lipinski definition) is 5. The van der Waals surface area contributed by atoms with Gasteiger partial charge in [-0.05, 0) is 146 Å². The van der Waals surface area contributed by atoms with Crippen molar-refractivity contribution in [1.82, 2.24) is 9.13 Å². The van der Waals surface area contributed by atoms with E-state index in [0.717, 1.165) is 122 Å². The zero-order chi connectivity index (χ0) is 51.7. The highest BCUT2D eigenvalue weighted by Crippen LogP contribution is 2.46. The number of benzene rings is 12. The molecule has 0 aliphatic heterocycles.